The van der Waals surface area contributed by atoms with Gasteiger partial charge in [-0.3, -0.25) is 0 Å². The van der Waals surface area contributed by atoms with E-state index in [2.05, 4.69) is 34.9 Å². The Hall–Kier alpha value is -1.29. The quantitative estimate of drug-likeness (QED) is 0.863. The third kappa shape index (κ3) is 2.04. The number of thiophene rings is 1. The van der Waals surface area contributed by atoms with Crippen molar-refractivity contribution in [3.63, 3.8) is 0 Å². The second kappa shape index (κ2) is 4.06. The Morgan fingerprint density at radius 1 is 1.47 bits per heavy atom. The third-order valence-corrected chi connectivity index (χ3v) is 3.33. The fraction of sp³-hybridized carbons (Fsp3) is 0.364. The molecule has 3 nitrogen and oxygen atoms in total. The summed E-state index contributed by atoms with van der Waals surface area (Å²) in [5.74, 6) is 1.06. The summed E-state index contributed by atoms with van der Waals surface area (Å²) in [6.45, 7) is 4.24. The van der Waals surface area contributed by atoms with Crippen LogP contribution in [0, 0.1) is 6.92 Å². The highest BCUT2D eigenvalue weighted by atomic mass is 32.1. The standard InChI is InChI=1S/C11H15N3S/c1-8-6-15-7-10(8)13-9(2)11-12-4-5-14(11)3/h4-7,9,13H,1-3H3. The number of nitrogens with zero attached hydrogens (tertiary/aromatic N) is 2. The number of aryl methyl sites for hydroxylation is 2. The van der Waals surface area contributed by atoms with Crippen LogP contribution in [-0.2, 0) is 7.05 Å². The molecular formula is C11H15N3S. The fourth-order valence-electron chi connectivity index (χ4n) is 1.60. The molecule has 0 bridgehead atoms. The molecule has 0 fully saturated rings. The molecule has 0 aliphatic heterocycles. The van der Waals surface area contributed by atoms with Crippen LogP contribution in [0.4, 0.5) is 5.69 Å². The van der Waals surface area contributed by atoms with Gasteiger partial charge in [0.05, 0.1) is 6.04 Å². The molecule has 2 aromatic rings. The largest absolute Gasteiger partial charge is 0.375 e. The predicted octanol–water partition coefficient (Wildman–Crippen LogP) is 2.96. The van der Waals surface area contributed by atoms with Crippen molar-refractivity contribution in [2.45, 2.75) is 19.9 Å². The highest BCUT2D eigenvalue weighted by Crippen LogP contribution is 2.24. The average Bonchev–Trinajstić information content (AvgIpc) is 2.76. The summed E-state index contributed by atoms with van der Waals surface area (Å²) in [5.41, 5.74) is 2.50. The molecule has 2 rings (SSSR count). The van der Waals surface area contributed by atoms with Gasteiger partial charge >= 0.3 is 0 Å². The van der Waals surface area contributed by atoms with Gasteiger partial charge in [-0.05, 0) is 24.8 Å². The van der Waals surface area contributed by atoms with Gasteiger partial charge < -0.3 is 9.88 Å². The van der Waals surface area contributed by atoms with Crippen LogP contribution in [0.3, 0.4) is 0 Å². The van der Waals surface area contributed by atoms with E-state index in [4.69, 9.17) is 0 Å². The van der Waals surface area contributed by atoms with Crippen LogP contribution in [0.25, 0.3) is 0 Å². The Morgan fingerprint density at radius 2 is 2.27 bits per heavy atom. The van der Waals surface area contributed by atoms with Crippen LogP contribution in [-0.4, -0.2) is 9.55 Å². The number of imidazole rings is 1. The van der Waals surface area contributed by atoms with Gasteiger partial charge in [-0.1, -0.05) is 0 Å². The van der Waals surface area contributed by atoms with E-state index >= 15 is 0 Å². The molecular weight excluding hydrogens is 206 g/mol. The first-order valence-corrected chi connectivity index (χ1v) is 5.89. The summed E-state index contributed by atoms with van der Waals surface area (Å²) in [4.78, 5) is 4.33. The maximum absolute atomic E-state index is 4.33. The molecule has 0 aliphatic rings. The van der Waals surface area contributed by atoms with E-state index in [-0.39, 0.29) is 6.04 Å². The molecule has 0 aromatic carbocycles. The van der Waals surface area contributed by atoms with E-state index in [0.717, 1.165) is 5.82 Å². The van der Waals surface area contributed by atoms with Gasteiger partial charge in [-0.25, -0.2) is 4.98 Å². The zero-order valence-electron chi connectivity index (χ0n) is 9.19. The Morgan fingerprint density at radius 3 is 2.80 bits per heavy atom. The second-order valence-corrected chi connectivity index (χ2v) is 4.47. The number of hydrogen-bond acceptors (Lipinski definition) is 3. The van der Waals surface area contributed by atoms with Crippen molar-refractivity contribution in [3.8, 4) is 0 Å². The van der Waals surface area contributed by atoms with Crippen LogP contribution in [0.15, 0.2) is 23.2 Å². The Labute approximate surface area is 93.8 Å². The van der Waals surface area contributed by atoms with E-state index in [1.54, 1.807) is 11.3 Å². The average molecular weight is 221 g/mol. The first-order valence-electron chi connectivity index (χ1n) is 4.95. The van der Waals surface area contributed by atoms with Gasteiger partial charge in [-0.15, -0.1) is 11.3 Å². The molecule has 2 aromatic heterocycles. The number of aromatic nitrogens is 2. The SMILES string of the molecule is Cc1cscc1NC(C)c1nccn1C. The summed E-state index contributed by atoms with van der Waals surface area (Å²) >= 11 is 1.72. The van der Waals surface area contributed by atoms with Gasteiger partial charge in [-0.2, -0.15) is 0 Å². The van der Waals surface area contributed by atoms with Crippen LogP contribution in [0.2, 0.25) is 0 Å². The van der Waals surface area contributed by atoms with Crippen LogP contribution >= 0.6 is 11.3 Å². The monoisotopic (exact) mass is 221 g/mol. The van der Waals surface area contributed by atoms with Gasteiger partial charge in [0.15, 0.2) is 0 Å². The third-order valence-electron chi connectivity index (χ3n) is 2.47. The predicted molar refractivity (Wildman–Crippen MR) is 64.3 cm³/mol. The first kappa shape index (κ1) is 10.2. The topological polar surface area (TPSA) is 29.9 Å². The van der Waals surface area contributed by atoms with Crippen LogP contribution in [0.1, 0.15) is 24.4 Å². The van der Waals surface area contributed by atoms with E-state index in [1.165, 1.54) is 11.3 Å². The Kier molecular flexibility index (Phi) is 2.77. The molecule has 15 heavy (non-hydrogen) atoms. The van der Waals surface area contributed by atoms with E-state index < -0.39 is 0 Å². The Bertz CT molecular complexity index is 444. The second-order valence-electron chi connectivity index (χ2n) is 3.73. The van der Waals surface area contributed by atoms with Crippen LogP contribution < -0.4 is 5.32 Å². The highest BCUT2D eigenvalue weighted by Gasteiger charge is 2.10. The summed E-state index contributed by atoms with van der Waals surface area (Å²) in [5, 5.41) is 7.74. The van der Waals surface area contributed by atoms with Gasteiger partial charge in [0.2, 0.25) is 0 Å². The first-order chi connectivity index (χ1) is 7.18. The zero-order valence-corrected chi connectivity index (χ0v) is 10.0. The van der Waals surface area contributed by atoms with Gasteiger partial charge in [0.1, 0.15) is 5.82 Å². The molecule has 1 N–H and O–H groups in total. The van der Waals surface area contributed by atoms with Crippen molar-refractivity contribution < 1.29 is 0 Å². The molecule has 1 unspecified atom stereocenters. The number of anilines is 1. The van der Waals surface area contributed by atoms with Crippen molar-refractivity contribution in [3.05, 3.63) is 34.5 Å². The van der Waals surface area contributed by atoms with Crippen molar-refractivity contribution >= 4 is 17.0 Å². The van der Waals surface area contributed by atoms with E-state index in [9.17, 15) is 0 Å². The molecule has 4 heteroatoms. The zero-order chi connectivity index (χ0) is 10.8. The number of hydrogen-bond donors (Lipinski definition) is 1. The molecule has 2 heterocycles. The maximum atomic E-state index is 4.33. The minimum absolute atomic E-state index is 0.235. The molecule has 1 atom stereocenters. The summed E-state index contributed by atoms with van der Waals surface area (Å²) < 4.78 is 2.04. The molecule has 0 amide bonds. The Balaban J connectivity index is 2.14. The van der Waals surface area contributed by atoms with Crippen molar-refractivity contribution in [2.24, 2.45) is 7.05 Å². The van der Waals surface area contributed by atoms with Gasteiger partial charge in [0, 0.05) is 30.5 Å². The lowest BCUT2D eigenvalue weighted by molar-refractivity contribution is 0.721. The molecule has 0 radical (unpaired) electrons. The minimum Gasteiger partial charge on any atom is -0.375 e. The van der Waals surface area contributed by atoms with E-state index in [0.29, 0.717) is 0 Å². The lowest BCUT2D eigenvalue weighted by atomic mass is 10.2. The van der Waals surface area contributed by atoms with Crippen molar-refractivity contribution in [1.29, 1.82) is 0 Å². The molecule has 0 aliphatic carbocycles. The highest BCUT2D eigenvalue weighted by molar-refractivity contribution is 7.08. The lowest BCUT2D eigenvalue weighted by Crippen LogP contribution is -2.11. The summed E-state index contributed by atoms with van der Waals surface area (Å²) in [7, 11) is 2.01. The maximum Gasteiger partial charge on any atom is 0.130 e. The van der Waals surface area contributed by atoms with Gasteiger partial charge in [0.25, 0.3) is 0 Å². The molecule has 0 saturated carbocycles. The molecule has 0 spiro atoms. The number of rotatable bonds is 3. The fourth-order valence-corrected chi connectivity index (χ4v) is 2.39. The van der Waals surface area contributed by atoms with Crippen molar-refractivity contribution in [2.75, 3.05) is 5.32 Å². The number of nitrogens with one attached hydrogen (secondary N) is 1. The summed E-state index contributed by atoms with van der Waals surface area (Å²) in [6, 6.07) is 0.235. The smallest absolute Gasteiger partial charge is 0.130 e. The lowest BCUT2D eigenvalue weighted by Gasteiger charge is -2.14. The van der Waals surface area contributed by atoms with Crippen molar-refractivity contribution in [1.82, 2.24) is 9.55 Å². The molecule has 0 saturated heterocycles. The normalized spacial score (nSPS) is 12.7. The van der Waals surface area contributed by atoms with E-state index in [1.807, 2.05) is 24.0 Å². The minimum atomic E-state index is 0.235. The van der Waals surface area contributed by atoms with Crippen LogP contribution in [0.5, 0.6) is 0 Å². The molecule has 80 valence electrons. The summed E-state index contributed by atoms with van der Waals surface area (Å²) in [6.07, 6.45) is 3.79.